The van der Waals surface area contributed by atoms with Crippen molar-refractivity contribution in [3.63, 3.8) is 0 Å². The van der Waals surface area contributed by atoms with E-state index in [1.54, 1.807) is 18.3 Å². The molecule has 0 heterocycles. The summed E-state index contributed by atoms with van der Waals surface area (Å²) in [5.41, 5.74) is 2.94. The number of allylic oxidation sites excluding steroid dienone is 1. The summed E-state index contributed by atoms with van der Waals surface area (Å²) in [5.74, 6) is 6.13. The molecular formula is C7H16N4. The third-order valence-corrected chi connectivity index (χ3v) is 1.23. The lowest BCUT2D eigenvalue weighted by atomic mass is 10.7. The lowest BCUT2D eigenvalue weighted by Gasteiger charge is -2.25. The first kappa shape index (κ1) is 9.84. The summed E-state index contributed by atoms with van der Waals surface area (Å²) in [5, 5.41) is 3.16. The number of hydrogen-bond acceptors (Lipinski definition) is 4. The maximum absolute atomic E-state index is 5.44. The smallest absolute Gasteiger partial charge is 0.129 e. The predicted molar refractivity (Wildman–Crippen MR) is 46.8 cm³/mol. The molecule has 0 saturated carbocycles. The second kappa shape index (κ2) is 4.62. The summed E-state index contributed by atoms with van der Waals surface area (Å²) in [4.78, 5) is 0. The normalized spacial score (nSPS) is 9.82. The summed E-state index contributed by atoms with van der Waals surface area (Å²) in [6.07, 6.45) is 3.69. The molecule has 0 bridgehead atoms. The molecule has 0 fully saturated rings. The monoisotopic (exact) mass is 156 g/mol. The fourth-order valence-electron chi connectivity index (χ4n) is 0.497. The molecule has 11 heavy (non-hydrogen) atoms. The lowest BCUT2D eigenvalue weighted by molar-refractivity contribution is 0.239. The fraction of sp³-hybridized carbons (Fsp3) is 0.429. The highest BCUT2D eigenvalue weighted by Crippen LogP contribution is 1.93. The van der Waals surface area contributed by atoms with Gasteiger partial charge in [-0.15, -0.1) is 0 Å². The first-order chi connectivity index (χ1) is 5.09. The van der Waals surface area contributed by atoms with Crippen molar-refractivity contribution in [2.75, 3.05) is 14.1 Å². The van der Waals surface area contributed by atoms with Crippen molar-refractivity contribution in [1.82, 2.24) is 15.4 Å². The van der Waals surface area contributed by atoms with Crippen molar-refractivity contribution in [3.8, 4) is 0 Å². The molecule has 0 saturated heterocycles. The topological polar surface area (TPSA) is 44.5 Å². The zero-order chi connectivity index (χ0) is 8.85. The van der Waals surface area contributed by atoms with Gasteiger partial charge in [0.2, 0.25) is 0 Å². The molecule has 4 nitrogen and oxygen atoms in total. The molecule has 0 spiro atoms. The van der Waals surface area contributed by atoms with Crippen LogP contribution < -0.4 is 11.3 Å². The first-order valence-corrected chi connectivity index (χ1v) is 3.38. The molecule has 0 aliphatic carbocycles. The Labute approximate surface area is 67.9 Å². The van der Waals surface area contributed by atoms with E-state index in [1.807, 2.05) is 20.0 Å². The average molecular weight is 156 g/mol. The molecule has 0 aliphatic rings. The molecule has 0 unspecified atom stereocenters. The van der Waals surface area contributed by atoms with Gasteiger partial charge in [-0.25, -0.2) is 5.84 Å². The first-order valence-electron chi connectivity index (χ1n) is 3.38. The van der Waals surface area contributed by atoms with Gasteiger partial charge in [0.25, 0.3) is 0 Å². The van der Waals surface area contributed by atoms with Crippen LogP contribution in [0.5, 0.6) is 0 Å². The zero-order valence-electron chi connectivity index (χ0n) is 7.33. The van der Waals surface area contributed by atoms with Gasteiger partial charge < -0.3 is 5.43 Å². The molecule has 3 N–H and O–H groups in total. The number of nitrogens with zero attached hydrogens (tertiary/aromatic N) is 2. The molecular weight excluding hydrogens is 140 g/mol. The fourth-order valence-corrected chi connectivity index (χ4v) is 0.497. The molecule has 4 heteroatoms. The van der Waals surface area contributed by atoms with Gasteiger partial charge in [0.1, 0.15) is 5.82 Å². The molecule has 0 aromatic carbocycles. The zero-order valence-corrected chi connectivity index (χ0v) is 7.33. The van der Waals surface area contributed by atoms with Crippen LogP contribution in [0.15, 0.2) is 24.7 Å². The van der Waals surface area contributed by atoms with Gasteiger partial charge in [-0.05, 0) is 6.92 Å². The highest BCUT2D eigenvalue weighted by Gasteiger charge is 1.99. The maximum Gasteiger partial charge on any atom is 0.129 e. The van der Waals surface area contributed by atoms with Crippen molar-refractivity contribution in [1.29, 1.82) is 0 Å². The summed E-state index contributed by atoms with van der Waals surface area (Å²) >= 11 is 0. The Morgan fingerprint density at radius 1 is 1.55 bits per heavy atom. The van der Waals surface area contributed by atoms with Crippen LogP contribution in [-0.2, 0) is 0 Å². The van der Waals surface area contributed by atoms with E-state index in [0.29, 0.717) is 5.82 Å². The molecule has 0 amide bonds. The largest absolute Gasteiger partial charge is 0.305 e. The van der Waals surface area contributed by atoms with E-state index in [-0.39, 0.29) is 0 Å². The van der Waals surface area contributed by atoms with Crippen molar-refractivity contribution in [3.05, 3.63) is 24.7 Å². The van der Waals surface area contributed by atoms with E-state index < -0.39 is 0 Å². The van der Waals surface area contributed by atoms with E-state index in [0.717, 1.165) is 0 Å². The highest BCUT2D eigenvalue weighted by atomic mass is 15.6. The van der Waals surface area contributed by atoms with Crippen LogP contribution in [-0.4, -0.2) is 24.1 Å². The van der Waals surface area contributed by atoms with E-state index in [2.05, 4.69) is 12.0 Å². The van der Waals surface area contributed by atoms with Crippen LogP contribution in [0.3, 0.4) is 0 Å². The van der Waals surface area contributed by atoms with E-state index in [1.165, 1.54) is 5.01 Å². The van der Waals surface area contributed by atoms with Crippen LogP contribution in [0.1, 0.15) is 6.92 Å². The Morgan fingerprint density at radius 3 is 2.45 bits per heavy atom. The molecule has 0 aromatic heterocycles. The van der Waals surface area contributed by atoms with Gasteiger partial charge in [-0.1, -0.05) is 12.7 Å². The Morgan fingerprint density at radius 2 is 2.09 bits per heavy atom. The van der Waals surface area contributed by atoms with Crippen molar-refractivity contribution in [2.24, 2.45) is 5.84 Å². The minimum absolute atomic E-state index is 0.697. The molecule has 0 rings (SSSR count). The second-order valence-electron chi connectivity index (χ2n) is 2.22. The third kappa shape index (κ3) is 3.52. The van der Waals surface area contributed by atoms with Crippen LogP contribution >= 0.6 is 0 Å². The molecule has 0 radical (unpaired) electrons. The van der Waals surface area contributed by atoms with Crippen LogP contribution in [0.25, 0.3) is 0 Å². The molecule has 0 aliphatic heterocycles. The Kier molecular flexibility index (Phi) is 4.14. The Bertz CT molecular complexity index is 151. The molecule has 0 atom stereocenters. The Balaban J connectivity index is 3.83. The third-order valence-electron chi connectivity index (χ3n) is 1.23. The summed E-state index contributed by atoms with van der Waals surface area (Å²) in [6.45, 7) is 5.66. The minimum atomic E-state index is 0.697. The minimum Gasteiger partial charge on any atom is -0.305 e. The van der Waals surface area contributed by atoms with Crippen molar-refractivity contribution < 1.29 is 0 Å². The second-order valence-corrected chi connectivity index (χ2v) is 2.22. The van der Waals surface area contributed by atoms with Gasteiger partial charge in [0.15, 0.2) is 0 Å². The van der Waals surface area contributed by atoms with Crippen LogP contribution in [0.2, 0.25) is 0 Å². The Hall–Kier alpha value is -1.16. The summed E-state index contributed by atoms with van der Waals surface area (Å²) in [6, 6.07) is 0. The quantitative estimate of drug-likeness (QED) is 0.452. The van der Waals surface area contributed by atoms with Gasteiger partial charge in [-0.2, -0.15) is 0 Å². The number of hydrogen-bond donors (Lipinski definition) is 2. The SMILES string of the molecule is C=C(N(C)N)N(C)N/C=C\C. The van der Waals surface area contributed by atoms with E-state index >= 15 is 0 Å². The van der Waals surface area contributed by atoms with Crippen molar-refractivity contribution >= 4 is 0 Å². The lowest BCUT2D eigenvalue weighted by Crippen LogP contribution is -2.39. The van der Waals surface area contributed by atoms with E-state index in [9.17, 15) is 0 Å². The van der Waals surface area contributed by atoms with Gasteiger partial charge in [-0.3, -0.25) is 10.0 Å². The standard InChI is InChI=1S/C7H16N4/c1-5-6-9-11(4)7(2)10(3)8/h5-6,9H,2,8H2,1,3-4H3/b6-5-. The van der Waals surface area contributed by atoms with Gasteiger partial charge in [0.05, 0.1) is 0 Å². The maximum atomic E-state index is 5.44. The summed E-state index contributed by atoms with van der Waals surface area (Å²) < 4.78 is 0. The van der Waals surface area contributed by atoms with Crippen LogP contribution in [0.4, 0.5) is 0 Å². The van der Waals surface area contributed by atoms with Gasteiger partial charge in [0, 0.05) is 20.3 Å². The number of hydrazine groups is 2. The molecule has 64 valence electrons. The average Bonchev–Trinajstić information content (AvgIpc) is 1.98. The predicted octanol–water partition coefficient (Wildman–Crippen LogP) is 0.233. The molecule has 0 aromatic rings. The summed E-state index contributed by atoms with van der Waals surface area (Å²) in [7, 11) is 3.57. The number of nitrogens with two attached hydrogens (primary N) is 1. The van der Waals surface area contributed by atoms with Gasteiger partial charge >= 0.3 is 0 Å². The van der Waals surface area contributed by atoms with Crippen molar-refractivity contribution in [2.45, 2.75) is 6.92 Å². The van der Waals surface area contributed by atoms with E-state index in [4.69, 9.17) is 5.84 Å². The van der Waals surface area contributed by atoms with Crippen LogP contribution in [0, 0.1) is 0 Å². The number of rotatable bonds is 4. The highest BCUT2D eigenvalue weighted by molar-refractivity contribution is 4.88. The number of nitrogens with one attached hydrogen (secondary N) is 1.